The second-order valence-corrected chi connectivity index (χ2v) is 6.03. The van der Waals surface area contributed by atoms with Crippen molar-refractivity contribution >= 4 is 5.91 Å². The minimum atomic E-state index is -0.213. The maximum absolute atomic E-state index is 11.5. The Kier molecular flexibility index (Phi) is 4.95. The van der Waals surface area contributed by atoms with Crippen LogP contribution in [0.25, 0.3) is 0 Å². The van der Waals surface area contributed by atoms with Gasteiger partial charge in [-0.1, -0.05) is 27.7 Å². The molecule has 1 aliphatic rings. The lowest BCUT2D eigenvalue weighted by atomic mass is 9.64. The Hall–Kier alpha value is -0.610. The van der Waals surface area contributed by atoms with Crippen LogP contribution >= 0.6 is 0 Å². The monoisotopic (exact) mass is 242 g/mol. The van der Waals surface area contributed by atoms with E-state index in [1.807, 2.05) is 0 Å². The molecule has 0 aliphatic heterocycles. The lowest BCUT2D eigenvalue weighted by molar-refractivity contribution is -0.121. The molecule has 1 saturated carbocycles. The fraction of sp³-hybridized carbons (Fsp3) is 0.923. The molecule has 1 aliphatic carbocycles. The molecule has 0 heterocycles. The summed E-state index contributed by atoms with van der Waals surface area (Å²) >= 11 is 0. The van der Waals surface area contributed by atoms with Gasteiger partial charge in [-0.05, 0) is 12.3 Å². The van der Waals surface area contributed by atoms with Gasteiger partial charge < -0.3 is 15.7 Å². The maximum Gasteiger partial charge on any atom is 0.221 e. The summed E-state index contributed by atoms with van der Waals surface area (Å²) in [5.41, 5.74) is -0.0611. The molecule has 2 unspecified atom stereocenters. The average molecular weight is 242 g/mol. The van der Waals surface area contributed by atoms with E-state index in [-0.39, 0.29) is 17.4 Å². The molecule has 1 rings (SSSR count). The van der Waals surface area contributed by atoms with Crippen LogP contribution in [-0.4, -0.2) is 36.2 Å². The molecule has 4 heteroatoms. The van der Waals surface area contributed by atoms with Gasteiger partial charge in [0.25, 0.3) is 0 Å². The van der Waals surface area contributed by atoms with Crippen LogP contribution in [0.2, 0.25) is 0 Å². The molecule has 2 atom stereocenters. The lowest BCUT2D eigenvalue weighted by Crippen LogP contribution is -2.60. The Balaban J connectivity index is 2.10. The number of aliphatic hydroxyl groups is 1. The summed E-state index contributed by atoms with van der Waals surface area (Å²) in [6.45, 7) is 9.69. The normalized spacial score (nSPS) is 26.7. The highest BCUT2D eigenvalue weighted by Gasteiger charge is 2.46. The van der Waals surface area contributed by atoms with Crippen molar-refractivity contribution in [2.24, 2.45) is 11.3 Å². The second kappa shape index (κ2) is 5.83. The first kappa shape index (κ1) is 14.5. The number of carbonyl (C=O) groups is 1. The summed E-state index contributed by atoms with van der Waals surface area (Å²) < 4.78 is 0. The number of hydrogen-bond donors (Lipinski definition) is 3. The van der Waals surface area contributed by atoms with Crippen LogP contribution in [0.15, 0.2) is 0 Å². The SMILES string of the molecule is CC(C)CNC(=O)CCNC1CC(O)C1(C)C. The topological polar surface area (TPSA) is 61.4 Å². The van der Waals surface area contributed by atoms with Crippen LogP contribution in [0.3, 0.4) is 0 Å². The summed E-state index contributed by atoms with van der Waals surface area (Å²) in [6.07, 6.45) is 1.09. The molecule has 0 aromatic rings. The van der Waals surface area contributed by atoms with E-state index in [0.29, 0.717) is 24.9 Å². The van der Waals surface area contributed by atoms with Crippen molar-refractivity contribution in [2.45, 2.75) is 52.7 Å². The molecular weight excluding hydrogens is 216 g/mol. The quantitative estimate of drug-likeness (QED) is 0.648. The first-order chi connectivity index (χ1) is 7.84. The van der Waals surface area contributed by atoms with E-state index in [0.717, 1.165) is 13.0 Å². The van der Waals surface area contributed by atoms with Crippen LogP contribution in [0, 0.1) is 11.3 Å². The molecule has 4 nitrogen and oxygen atoms in total. The van der Waals surface area contributed by atoms with Crippen molar-refractivity contribution in [2.75, 3.05) is 13.1 Å². The highest BCUT2D eigenvalue weighted by molar-refractivity contribution is 5.76. The van der Waals surface area contributed by atoms with Gasteiger partial charge in [-0.15, -0.1) is 0 Å². The molecule has 0 spiro atoms. The first-order valence-electron chi connectivity index (χ1n) is 6.52. The molecule has 3 N–H and O–H groups in total. The van der Waals surface area contributed by atoms with Crippen molar-refractivity contribution < 1.29 is 9.90 Å². The molecule has 17 heavy (non-hydrogen) atoms. The van der Waals surface area contributed by atoms with E-state index in [9.17, 15) is 9.90 Å². The van der Waals surface area contributed by atoms with Crippen LogP contribution in [0.1, 0.15) is 40.5 Å². The zero-order valence-corrected chi connectivity index (χ0v) is 11.4. The lowest BCUT2D eigenvalue weighted by Gasteiger charge is -2.49. The van der Waals surface area contributed by atoms with E-state index in [1.54, 1.807) is 0 Å². The molecule has 0 saturated heterocycles. The summed E-state index contributed by atoms with van der Waals surface area (Å²) in [5.74, 6) is 0.594. The Morgan fingerprint density at radius 3 is 2.59 bits per heavy atom. The number of rotatable bonds is 6. The molecule has 0 aromatic carbocycles. The Labute approximate surface area is 104 Å². The molecule has 0 aromatic heterocycles. The molecule has 0 bridgehead atoms. The summed E-state index contributed by atoms with van der Waals surface area (Å²) in [6, 6.07) is 0.329. The third kappa shape index (κ3) is 3.96. The van der Waals surface area contributed by atoms with Crippen LogP contribution < -0.4 is 10.6 Å². The van der Waals surface area contributed by atoms with E-state index >= 15 is 0 Å². The van der Waals surface area contributed by atoms with Gasteiger partial charge in [0.1, 0.15) is 0 Å². The Bertz CT molecular complexity index is 264. The third-order valence-corrected chi connectivity index (χ3v) is 3.67. The van der Waals surface area contributed by atoms with Gasteiger partial charge in [0.05, 0.1) is 6.10 Å². The van der Waals surface area contributed by atoms with Gasteiger partial charge in [-0.25, -0.2) is 0 Å². The van der Waals surface area contributed by atoms with Crippen molar-refractivity contribution in [3.8, 4) is 0 Å². The average Bonchev–Trinajstić information content (AvgIpc) is 2.25. The zero-order chi connectivity index (χ0) is 13.1. The largest absolute Gasteiger partial charge is 0.392 e. The number of nitrogens with one attached hydrogen (secondary N) is 2. The van der Waals surface area contributed by atoms with Crippen LogP contribution in [0.5, 0.6) is 0 Å². The standard InChI is InChI=1S/C13H26N2O2/c1-9(2)8-15-12(17)5-6-14-10-7-11(16)13(10,3)4/h9-11,14,16H,5-8H2,1-4H3,(H,15,17). The van der Waals surface area contributed by atoms with E-state index < -0.39 is 0 Å². The smallest absolute Gasteiger partial charge is 0.221 e. The number of hydrogen-bond acceptors (Lipinski definition) is 3. The first-order valence-corrected chi connectivity index (χ1v) is 6.52. The van der Waals surface area contributed by atoms with Crippen LogP contribution in [-0.2, 0) is 4.79 Å². The predicted octanol–water partition coefficient (Wildman–Crippen LogP) is 0.898. The fourth-order valence-corrected chi connectivity index (χ4v) is 2.02. The predicted molar refractivity (Wildman–Crippen MR) is 68.7 cm³/mol. The highest BCUT2D eigenvalue weighted by atomic mass is 16.3. The van der Waals surface area contributed by atoms with Crippen molar-refractivity contribution in [1.29, 1.82) is 0 Å². The second-order valence-electron chi connectivity index (χ2n) is 6.03. The molecule has 1 fully saturated rings. The van der Waals surface area contributed by atoms with E-state index in [2.05, 4.69) is 38.3 Å². The van der Waals surface area contributed by atoms with Crippen molar-refractivity contribution in [3.05, 3.63) is 0 Å². The van der Waals surface area contributed by atoms with Gasteiger partial charge >= 0.3 is 0 Å². The number of carbonyl (C=O) groups excluding carboxylic acids is 1. The molecule has 100 valence electrons. The van der Waals surface area contributed by atoms with Gasteiger partial charge in [0, 0.05) is 31.0 Å². The Morgan fingerprint density at radius 2 is 2.12 bits per heavy atom. The highest BCUT2D eigenvalue weighted by Crippen LogP contribution is 2.40. The van der Waals surface area contributed by atoms with Gasteiger partial charge in [-0.3, -0.25) is 4.79 Å². The molecule has 0 radical (unpaired) electrons. The fourth-order valence-electron chi connectivity index (χ4n) is 2.02. The number of amides is 1. The third-order valence-electron chi connectivity index (χ3n) is 3.67. The summed E-state index contributed by atoms with van der Waals surface area (Å²) in [7, 11) is 0. The van der Waals surface area contributed by atoms with Crippen molar-refractivity contribution in [1.82, 2.24) is 10.6 Å². The zero-order valence-electron chi connectivity index (χ0n) is 11.4. The van der Waals surface area contributed by atoms with Crippen LogP contribution in [0.4, 0.5) is 0 Å². The molecular formula is C13H26N2O2. The van der Waals surface area contributed by atoms with Gasteiger partial charge in [-0.2, -0.15) is 0 Å². The van der Waals surface area contributed by atoms with E-state index in [4.69, 9.17) is 0 Å². The maximum atomic E-state index is 11.5. The molecule has 1 amide bonds. The minimum Gasteiger partial charge on any atom is -0.392 e. The van der Waals surface area contributed by atoms with Gasteiger partial charge in [0.2, 0.25) is 5.91 Å². The Morgan fingerprint density at radius 1 is 1.47 bits per heavy atom. The summed E-state index contributed by atoms with van der Waals surface area (Å²) in [5, 5.41) is 15.8. The minimum absolute atomic E-state index is 0.0611. The van der Waals surface area contributed by atoms with Crippen molar-refractivity contribution in [3.63, 3.8) is 0 Å². The van der Waals surface area contributed by atoms with Gasteiger partial charge in [0.15, 0.2) is 0 Å². The summed E-state index contributed by atoms with van der Waals surface area (Å²) in [4.78, 5) is 11.5. The number of aliphatic hydroxyl groups excluding tert-OH is 1. The van der Waals surface area contributed by atoms with E-state index in [1.165, 1.54) is 0 Å².